The summed E-state index contributed by atoms with van der Waals surface area (Å²) in [7, 11) is 0. The molecule has 1 N–H and O–H groups in total. The molecule has 1 aliphatic heterocycles. The Balaban J connectivity index is 1.48. The van der Waals surface area contributed by atoms with Gasteiger partial charge in [0.15, 0.2) is 5.01 Å². The van der Waals surface area contributed by atoms with Gasteiger partial charge in [-0.2, -0.15) is 5.10 Å². The summed E-state index contributed by atoms with van der Waals surface area (Å²) in [4.78, 5) is 27.4. The summed E-state index contributed by atoms with van der Waals surface area (Å²) >= 11 is 1.37. The maximum Gasteiger partial charge on any atom is 0.283 e. The minimum absolute atomic E-state index is 0.174. The van der Waals surface area contributed by atoms with E-state index in [1.807, 2.05) is 24.3 Å². The fourth-order valence-electron chi connectivity index (χ4n) is 4.01. The van der Waals surface area contributed by atoms with Gasteiger partial charge in [-0.1, -0.05) is 12.1 Å². The highest BCUT2D eigenvalue weighted by atomic mass is 32.1. The number of imidazole rings is 1. The Bertz CT molecular complexity index is 1390. The van der Waals surface area contributed by atoms with E-state index >= 15 is 0 Å². The first-order valence-electron chi connectivity index (χ1n) is 9.51. The van der Waals surface area contributed by atoms with E-state index in [1.165, 1.54) is 21.9 Å². The van der Waals surface area contributed by atoms with Crippen LogP contribution < -0.4 is 0 Å². The molecule has 0 radical (unpaired) electrons. The van der Waals surface area contributed by atoms with E-state index in [1.54, 1.807) is 29.6 Å². The Kier molecular flexibility index (Phi) is 3.72. The largest absolute Gasteiger partial charge is 0.348 e. The predicted molar refractivity (Wildman–Crippen MR) is 110 cm³/mol. The maximum atomic E-state index is 14.3. The average molecular weight is 418 g/mol. The number of carbonyl (C=O) groups is 1. The number of benzene rings is 1. The number of nitrogens with zero attached hydrogens (tertiary/aromatic N) is 5. The highest BCUT2D eigenvalue weighted by Crippen LogP contribution is 2.35. The summed E-state index contributed by atoms with van der Waals surface area (Å²) in [6.45, 7) is 0.491. The molecule has 148 valence electrons. The van der Waals surface area contributed by atoms with Crippen molar-refractivity contribution in [1.82, 2.24) is 29.5 Å². The second kappa shape index (κ2) is 6.46. The topological polar surface area (TPSA) is 79.2 Å². The van der Waals surface area contributed by atoms with Crippen molar-refractivity contribution in [3.05, 3.63) is 82.9 Å². The van der Waals surface area contributed by atoms with Crippen molar-refractivity contribution < 1.29 is 9.18 Å². The Morgan fingerprint density at radius 1 is 1.23 bits per heavy atom. The molecule has 0 saturated carbocycles. The highest BCUT2D eigenvalue weighted by Gasteiger charge is 2.37. The number of amides is 1. The monoisotopic (exact) mass is 418 g/mol. The molecule has 1 aromatic carbocycles. The van der Waals surface area contributed by atoms with Crippen LogP contribution >= 0.6 is 11.3 Å². The molecule has 0 aliphatic carbocycles. The summed E-state index contributed by atoms with van der Waals surface area (Å²) < 4.78 is 16.7. The molecule has 1 aliphatic rings. The molecular formula is C21H15FN6OS. The number of para-hydroxylation sites is 1. The fourth-order valence-corrected chi connectivity index (χ4v) is 4.94. The molecule has 1 amide bonds. The number of nitrogens with one attached hydrogen (secondary N) is 1. The lowest BCUT2D eigenvalue weighted by molar-refractivity contribution is 0.0687. The number of H-pyrrole nitrogens is 1. The Morgan fingerprint density at radius 3 is 3.00 bits per heavy atom. The number of fused-ring (bicyclic) bond motifs is 3. The lowest BCUT2D eigenvalue weighted by atomic mass is 9.99. The van der Waals surface area contributed by atoms with Crippen LogP contribution in [0, 0.1) is 5.82 Å². The summed E-state index contributed by atoms with van der Waals surface area (Å²) in [6.07, 6.45) is 3.97. The van der Waals surface area contributed by atoms with Crippen molar-refractivity contribution in [3.8, 4) is 0 Å². The van der Waals surface area contributed by atoms with Gasteiger partial charge in [0, 0.05) is 24.9 Å². The summed E-state index contributed by atoms with van der Waals surface area (Å²) in [5.41, 5.74) is 3.44. The first-order chi connectivity index (χ1) is 14.7. The van der Waals surface area contributed by atoms with Crippen LogP contribution in [0.4, 0.5) is 4.39 Å². The summed E-state index contributed by atoms with van der Waals surface area (Å²) in [6, 6.07) is 11.8. The van der Waals surface area contributed by atoms with E-state index in [-0.39, 0.29) is 11.7 Å². The van der Waals surface area contributed by atoms with Crippen molar-refractivity contribution in [1.29, 1.82) is 0 Å². The Hall–Kier alpha value is -3.59. The summed E-state index contributed by atoms with van der Waals surface area (Å²) in [5.74, 6) is -0.536. The van der Waals surface area contributed by atoms with Crippen LogP contribution in [0.15, 0.2) is 55.0 Å². The van der Waals surface area contributed by atoms with E-state index in [2.05, 4.69) is 20.1 Å². The standard InChI is InChI=1S/C21H15FN6OS/c22-12-4-3-8-28-16(12)10-15(26-28)19-18-14(23-11-24-18)7-9-27(19)21(29)20-25-13-5-1-2-6-17(13)30-20/h1-6,8,10-11,19H,7,9H2,(H,23,24). The molecule has 0 bridgehead atoms. The zero-order valence-electron chi connectivity index (χ0n) is 15.6. The quantitative estimate of drug-likeness (QED) is 0.475. The van der Waals surface area contributed by atoms with Gasteiger partial charge in [-0.25, -0.2) is 18.9 Å². The van der Waals surface area contributed by atoms with Crippen LogP contribution in [0.3, 0.4) is 0 Å². The van der Waals surface area contributed by atoms with Crippen molar-refractivity contribution >= 4 is 33.0 Å². The zero-order chi connectivity index (χ0) is 20.2. The van der Waals surface area contributed by atoms with Gasteiger partial charge in [-0.05, 0) is 30.3 Å². The Morgan fingerprint density at radius 2 is 2.13 bits per heavy atom. The van der Waals surface area contributed by atoms with E-state index in [9.17, 15) is 9.18 Å². The van der Waals surface area contributed by atoms with Crippen LogP contribution in [-0.2, 0) is 6.42 Å². The number of pyridine rings is 1. The van der Waals surface area contributed by atoms with E-state index in [0.717, 1.165) is 21.6 Å². The van der Waals surface area contributed by atoms with Gasteiger partial charge in [0.1, 0.15) is 17.4 Å². The van der Waals surface area contributed by atoms with Crippen LogP contribution in [0.5, 0.6) is 0 Å². The van der Waals surface area contributed by atoms with E-state index in [4.69, 9.17) is 0 Å². The smallest absolute Gasteiger partial charge is 0.283 e. The molecule has 0 fully saturated rings. The third-order valence-corrected chi connectivity index (χ3v) is 6.44. The number of hydrogen-bond acceptors (Lipinski definition) is 5. The number of thiazole rings is 1. The number of hydrogen-bond donors (Lipinski definition) is 1. The van der Waals surface area contributed by atoms with Gasteiger partial charge >= 0.3 is 0 Å². The van der Waals surface area contributed by atoms with E-state index in [0.29, 0.717) is 29.2 Å². The molecule has 5 heterocycles. The number of aromatic nitrogens is 5. The number of halogens is 1. The molecule has 30 heavy (non-hydrogen) atoms. The number of rotatable bonds is 2. The zero-order valence-corrected chi connectivity index (χ0v) is 16.4. The molecule has 7 nitrogen and oxygen atoms in total. The van der Waals surface area contributed by atoms with Crippen LogP contribution in [0.25, 0.3) is 15.7 Å². The van der Waals surface area contributed by atoms with Gasteiger partial charge in [0.2, 0.25) is 0 Å². The van der Waals surface area contributed by atoms with Crippen LogP contribution in [0.2, 0.25) is 0 Å². The minimum Gasteiger partial charge on any atom is -0.348 e. The molecule has 5 aromatic rings. The van der Waals surface area contributed by atoms with Crippen molar-refractivity contribution in [2.45, 2.75) is 12.5 Å². The van der Waals surface area contributed by atoms with Gasteiger partial charge in [-0.3, -0.25) is 4.79 Å². The normalized spacial score (nSPS) is 16.3. The molecule has 0 saturated heterocycles. The molecule has 6 rings (SSSR count). The van der Waals surface area contributed by atoms with Gasteiger partial charge in [0.05, 0.1) is 27.9 Å². The van der Waals surface area contributed by atoms with Crippen molar-refractivity contribution in [2.75, 3.05) is 6.54 Å². The van der Waals surface area contributed by atoms with Gasteiger partial charge in [-0.15, -0.1) is 11.3 Å². The molecule has 1 unspecified atom stereocenters. The lowest BCUT2D eigenvalue weighted by Crippen LogP contribution is -2.41. The van der Waals surface area contributed by atoms with Crippen molar-refractivity contribution in [2.24, 2.45) is 0 Å². The van der Waals surface area contributed by atoms with Gasteiger partial charge < -0.3 is 9.88 Å². The predicted octanol–water partition coefficient (Wildman–Crippen LogP) is 3.59. The molecule has 9 heteroatoms. The van der Waals surface area contributed by atoms with Crippen LogP contribution in [-0.4, -0.2) is 41.9 Å². The SMILES string of the molecule is O=C(c1nc2ccccc2s1)N1CCc2[nH]cnc2C1c1cc2c(F)cccn2n1. The molecule has 4 aromatic heterocycles. The Labute approximate surface area is 173 Å². The average Bonchev–Trinajstić information content (AvgIpc) is 3.49. The highest BCUT2D eigenvalue weighted by molar-refractivity contribution is 7.20. The number of aromatic amines is 1. The first kappa shape index (κ1) is 17.3. The molecule has 0 spiro atoms. The second-order valence-electron chi connectivity index (χ2n) is 7.16. The van der Waals surface area contributed by atoms with Crippen LogP contribution in [0.1, 0.15) is 32.9 Å². The number of carbonyl (C=O) groups excluding carboxylic acids is 1. The first-order valence-corrected chi connectivity index (χ1v) is 10.3. The maximum absolute atomic E-state index is 14.3. The second-order valence-corrected chi connectivity index (χ2v) is 8.19. The van der Waals surface area contributed by atoms with Crippen molar-refractivity contribution in [3.63, 3.8) is 0 Å². The van der Waals surface area contributed by atoms with Gasteiger partial charge in [0.25, 0.3) is 5.91 Å². The fraction of sp³-hybridized carbons (Fsp3) is 0.143. The minimum atomic E-state index is -0.515. The third kappa shape index (κ3) is 2.55. The molecule has 1 atom stereocenters. The summed E-state index contributed by atoms with van der Waals surface area (Å²) in [5, 5.41) is 4.98. The lowest BCUT2D eigenvalue weighted by Gasteiger charge is -2.33. The third-order valence-electron chi connectivity index (χ3n) is 5.41. The molecular weight excluding hydrogens is 403 g/mol. The van der Waals surface area contributed by atoms with E-state index < -0.39 is 6.04 Å².